The molecule has 4 heteroatoms. The molecule has 2 nitrogen and oxygen atoms in total. The molecule has 19 heavy (non-hydrogen) atoms. The summed E-state index contributed by atoms with van der Waals surface area (Å²) in [5.74, 6) is -0.218. The van der Waals surface area contributed by atoms with Crippen LogP contribution in [0.2, 0.25) is 0 Å². The first kappa shape index (κ1) is 13.7. The van der Waals surface area contributed by atoms with Crippen LogP contribution in [0.3, 0.4) is 0 Å². The second-order valence-electron chi connectivity index (χ2n) is 4.15. The van der Waals surface area contributed by atoms with Crippen molar-refractivity contribution in [1.82, 2.24) is 0 Å². The zero-order chi connectivity index (χ0) is 13.8. The lowest BCUT2D eigenvalue weighted by Gasteiger charge is -2.06. The molecule has 0 amide bonds. The van der Waals surface area contributed by atoms with E-state index in [9.17, 15) is 9.18 Å². The van der Waals surface area contributed by atoms with Crippen molar-refractivity contribution in [3.63, 3.8) is 0 Å². The summed E-state index contributed by atoms with van der Waals surface area (Å²) in [7, 11) is 0. The number of ether oxygens (including phenoxy) is 1. The molecule has 0 aromatic heterocycles. The highest BCUT2D eigenvalue weighted by molar-refractivity contribution is 9.10. The average molecular weight is 323 g/mol. The van der Waals surface area contributed by atoms with E-state index >= 15 is 0 Å². The van der Waals surface area contributed by atoms with Gasteiger partial charge in [0, 0.05) is 11.6 Å². The highest BCUT2D eigenvalue weighted by Gasteiger charge is 2.07. The number of carbonyl (C=O) groups is 1. The van der Waals surface area contributed by atoms with Crippen LogP contribution in [0.5, 0.6) is 5.75 Å². The standard InChI is InChI=1S/C15H12BrFO2/c1-10-2-4-11(5-3-10)15(18)9-19-12-6-7-13(16)14(17)8-12/h2-8H,9H2,1H3. The van der Waals surface area contributed by atoms with Gasteiger partial charge in [0.2, 0.25) is 0 Å². The molecule has 0 heterocycles. The first-order valence-electron chi connectivity index (χ1n) is 5.74. The van der Waals surface area contributed by atoms with Crippen molar-refractivity contribution in [1.29, 1.82) is 0 Å². The predicted octanol–water partition coefficient (Wildman–Crippen LogP) is 4.16. The molecule has 98 valence electrons. The van der Waals surface area contributed by atoms with Gasteiger partial charge in [0.25, 0.3) is 0 Å². The van der Waals surface area contributed by atoms with E-state index in [1.165, 1.54) is 6.07 Å². The van der Waals surface area contributed by atoms with Gasteiger partial charge in [-0.2, -0.15) is 0 Å². The molecule has 2 rings (SSSR count). The number of hydrogen-bond donors (Lipinski definition) is 0. The minimum Gasteiger partial charge on any atom is -0.485 e. The molecule has 0 atom stereocenters. The number of rotatable bonds is 4. The number of carbonyl (C=O) groups excluding carboxylic acids is 1. The van der Waals surface area contributed by atoms with Crippen LogP contribution in [0, 0.1) is 12.7 Å². The maximum absolute atomic E-state index is 13.3. The Morgan fingerprint density at radius 3 is 2.53 bits per heavy atom. The summed E-state index contributed by atoms with van der Waals surface area (Å²) in [6, 6.07) is 11.6. The predicted molar refractivity (Wildman–Crippen MR) is 75.1 cm³/mol. The van der Waals surface area contributed by atoms with Crippen molar-refractivity contribution in [2.75, 3.05) is 6.61 Å². The van der Waals surface area contributed by atoms with Gasteiger partial charge in [0.05, 0.1) is 4.47 Å². The smallest absolute Gasteiger partial charge is 0.200 e. The van der Waals surface area contributed by atoms with Crippen molar-refractivity contribution in [3.05, 3.63) is 63.9 Å². The van der Waals surface area contributed by atoms with Gasteiger partial charge in [-0.3, -0.25) is 4.79 Å². The fourth-order valence-corrected chi connectivity index (χ4v) is 1.78. The zero-order valence-electron chi connectivity index (χ0n) is 10.3. The van der Waals surface area contributed by atoms with Crippen molar-refractivity contribution in [3.8, 4) is 5.75 Å². The Labute approximate surface area is 119 Å². The second-order valence-corrected chi connectivity index (χ2v) is 5.01. The number of benzene rings is 2. The van der Waals surface area contributed by atoms with Gasteiger partial charge in [-0.1, -0.05) is 29.8 Å². The molecule has 0 unspecified atom stereocenters. The lowest BCUT2D eigenvalue weighted by molar-refractivity contribution is 0.0921. The van der Waals surface area contributed by atoms with Gasteiger partial charge < -0.3 is 4.74 Å². The van der Waals surface area contributed by atoms with Crippen LogP contribution in [0.25, 0.3) is 0 Å². The Bertz CT molecular complexity index is 594. The highest BCUT2D eigenvalue weighted by atomic mass is 79.9. The first-order chi connectivity index (χ1) is 9.06. The molecule has 0 N–H and O–H groups in total. The van der Waals surface area contributed by atoms with Gasteiger partial charge in [-0.25, -0.2) is 4.39 Å². The molecule has 0 spiro atoms. The summed E-state index contributed by atoms with van der Waals surface area (Å²) in [6.07, 6.45) is 0. The molecule has 0 aliphatic carbocycles. The van der Waals surface area contributed by atoms with E-state index in [1.807, 2.05) is 19.1 Å². The third-order valence-corrected chi connectivity index (χ3v) is 3.28. The molecule has 0 aliphatic rings. The summed E-state index contributed by atoms with van der Waals surface area (Å²) < 4.78 is 18.9. The van der Waals surface area contributed by atoms with Crippen LogP contribution in [-0.4, -0.2) is 12.4 Å². The minimum absolute atomic E-state index is 0.107. The Kier molecular flexibility index (Phi) is 4.32. The van der Waals surface area contributed by atoms with Crippen LogP contribution in [0.15, 0.2) is 46.9 Å². The maximum Gasteiger partial charge on any atom is 0.200 e. The molecular formula is C15H12BrFO2. The average Bonchev–Trinajstić information content (AvgIpc) is 2.40. The highest BCUT2D eigenvalue weighted by Crippen LogP contribution is 2.21. The number of ketones is 1. The summed E-state index contributed by atoms with van der Waals surface area (Å²) >= 11 is 3.06. The lowest BCUT2D eigenvalue weighted by atomic mass is 10.1. The fourth-order valence-electron chi connectivity index (χ4n) is 1.54. The molecule has 2 aromatic carbocycles. The summed E-state index contributed by atoms with van der Waals surface area (Å²) in [6.45, 7) is 1.85. The topological polar surface area (TPSA) is 26.3 Å². The van der Waals surface area contributed by atoms with Crippen molar-refractivity contribution >= 4 is 21.7 Å². The van der Waals surface area contributed by atoms with Crippen molar-refractivity contribution in [2.45, 2.75) is 6.92 Å². The van der Waals surface area contributed by atoms with E-state index in [-0.39, 0.29) is 12.4 Å². The van der Waals surface area contributed by atoms with E-state index in [0.717, 1.165) is 5.56 Å². The van der Waals surface area contributed by atoms with Crippen LogP contribution >= 0.6 is 15.9 Å². The van der Waals surface area contributed by atoms with Gasteiger partial charge in [-0.15, -0.1) is 0 Å². The third kappa shape index (κ3) is 3.64. The third-order valence-electron chi connectivity index (χ3n) is 2.63. The van der Waals surface area contributed by atoms with Crippen LogP contribution < -0.4 is 4.74 Å². The molecule has 0 aliphatic heterocycles. The van der Waals surface area contributed by atoms with Crippen LogP contribution in [0.1, 0.15) is 15.9 Å². The summed E-state index contributed by atoms with van der Waals surface area (Å²) in [5.41, 5.74) is 1.68. The van der Waals surface area contributed by atoms with Crippen LogP contribution in [0.4, 0.5) is 4.39 Å². The molecule has 0 saturated carbocycles. The molecular weight excluding hydrogens is 311 g/mol. The first-order valence-corrected chi connectivity index (χ1v) is 6.53. The number of aryl methyl sites for hydroxylation is 1. The molecule has 0 radical (unpaired) electrons. The van der Waals surface area contributed by atoms with E-state index < -0.39 is 5.82 Å². The number of halogens is 2. The fraction of sp³-hybridized carbons (Fsp3) is 0.133. The Morgan fingerprint density at radius 2 is 1.89 bits per heavy atom. The zero-order valence-corrected chi connectivity index (χ0v) is 11.9. The van der Waals surface area contributed by atoms with Gasteiger partial charge in [0.1, 0.15) is 11.6 Å². The Morgan fingerprint density at radius 1 is 1.21 bits per heavy atom. The Hall–Kier alpha value is -1.68. The van der Waals surface area contributed by atoms with E-state index in [0.29, 0.717) is 15.8 Å². The summed E-state index contributed by atoms with van der Waals surface area (Å²) in [5, 5.41) is 0. The largest absolute Gasteiger partial charge is 0.485 e. The molecule has 0 bridgehead atoms. The monoisotopic (exact) mass is 322 g/mol. The molecule has 0 saturated heterocycles. The molecule has 2 aromatic rings. The van der Waals surface area contributed by atoms with E-state index in [2.05, 4.69) is 15.9 Å². The normalized spacial score (nSPS) is 10.3. The lowest BCUT2D eigenvalue weighted by Crippen LogP contribution is -2.11. The number of Topliss-reactive ketones (excluding diaryl/α,β-unsaturated/α-hetero) is 1. The van der Waals surface area contributed by atoms with Gasteiger partial charge in [0.15, 0.2) is 12.4 Å². The summed E-state index contributed by atoms with van der Waals surface area (Å²) in [4.78, 5) is 11.9. The quantitative estimate of drug-likeness (QED) is 0.790. The number of hydrogen-bond acceptors (Lipinski definition) is 2. The van der Waals surface area contributed by atoms with Crippen molar-refractivity contribution in [2.24, 2.45) is 0 Å². The van der Waals surface area contributed by atoms with E-state index in [4.69, 9.17) is 4.74 Å². The molecule has 0 fully saturated rings. The van der Waals surface area contributed by atoms with Gasteiger partial charge in [-0.05, 0) is 35.0 Å². The second kappa shape index (κ2) is 5.97. The van der Waals surface area contributed by atoms with Gasteiger partial charge >= 0.3 is 0 Å². The van der Waals surface area contributed by atoms with Crippen LogP contribution in [-0.2, 0) is 0 Å². The SMILES string of the molecule is Cc1ccc(C(=O)COc2ccc(Br)c(F)c2)cc1. The Balaban J connectivity index is 2.00. The maximum atomic E-state index is 13.3. The van der Waals surface area contributed by atoms with Crippen molar-refractivity contribution < 1.29 is 13.9 Å². The minimum atomic E-state index is -0.416. The van der Waals surface area contributed by atoms with E-state index in [1.54, 1.807) is 24.3 Å².